The second kappa shape index (κ2) is 20.4. The molecule has 1 rings (SSSR count). The maximum Gasteiger partial charge on any atom is 0.317 e. The largest absolute Gasteiger partial charge is 0.480 e. The number of carboxylic acids is 1. The molecule has 36 heavy (non-hydrogen) atoms. The van der Waals surface area contributed by atoms with Gasteiger partial charge in [0, 0.05) is 51.2 Å². The number of aliphatic carboxylic acids is 1. The predicted molar refractivity (Wildman–Crippen MR) is 138 cm³/mol. The van der Waals surface area contributed by atoms with E-state index in [0.717, 1.165) is 11.3 Å². The van der Waals surface area contributed by atoms with E-state index in [9.17, 15) is 24.0 Å². The Labute approximate surface area is 215 Å². The van der Waals surface area contributed by atoms with Gasteiger partial charge in [-0.15, -0.1) is 0 Å². The van der Waals surface area contributed by atoms with Crippen LogP contribution in [0.5, 0.6) is 0 Å². The number of hydrogen-bond acceptors (Lipinski definition) is 7. The summed E-state index contributed by atoms with van der Waals surface area (Å²) in [6, 6.07) is 0. The third kappa shape index (κ3) is 21.7. The van der Waals surface area contributed by atoms with Gasteiger partial charge in [0.05, 0.1) is 12.1 Å². The average molecular weight is 515 g/mol. The van der Waals surface area contributed by atoms with E-state index in [1.807, 2.05) is 13.8 Å². The van der Waals surface area contributed by atoms with E-state index in [-0.39, 0.29) is 42.8 Å². The summed E-state index contributed by atoms with van der Waals surface area (Å²) >= 11 is 0. The summed E-state index contributed by atoms with van der Waals surface area (Å²) in [4.78, 5) is 55.0. The van der Waals surface area contributed by atoms with Crippen molar-refractivity contribution in [3.63, 3.8) is 0 Å². The Morgan fingerprint density at radius 3 is 2.11 bits per heavy atom. The standard InChI is InChI=1S/C15H30N2O4.C7H8N2O3.C3H8/c1-12(2)6-10-21-15(3,4)7-5-13(18)17-9-8-16-11-14(19)20;8-5(10)3-4-9-6(11)1-2-7(9)12;1-3-2/h12,16H,5-11H2,1-4H3,(H,17,18)(H,19,20);1-2H,3-4H2,(H2,8,10);3H2,1-2H3. The first-order chi connectivity index (χ1) is 16.8. The summed E-state index contributed by atoms with van der Waals surface area (Å²) in [5, 5.41) is 13.9. The maximum absolute atomic E-state index is 11.7. The molecule has 1 heterocycles. The van der Waals surface area contributed by atoms with Crippen LogP contribution in [0.25, 0.3) is 0 Å². The second-order valence-electron chi connectivity index (χ2n) is 9.30. The van der Waals surface area contributed by atoms with Crippen LogP contribution in [0, 0.1) is 5.92 Å². The molecule has 0 radical (unpaired) electrons. The number of hydrogen-bond donors (Lipinski definition) is 4. The summed E-state index contributed by atoms with van der Waals surface area (Å²) < 4.78 is 5.80. The van der Waals surface area contributed by atoms with Gasteiger partial charge in [-0.3, -0.25) is 28.9 Å². The maximum atomic E-state index is 11.7. The Kier molecular flexibility index (Phi) is 20.1. The first-order valence-corrected chi connectivity index (χ1v) is 12.4. The Bertz CT molecular complexity index is 703. The lowest BCUT2D eigenvalue weighted by Crippen LogP contribution is -2.35. The number of amides is 4. The molecule has 5 N–H and O–H groups in total. The Morgan fingerprint density at radius 1 is 1.08 bits per heavy atom. The van der Waals surface area contributed by atoms with Gasteiger partial charge in [0.15, 0.2) is 0 Å². The predicted octanol–water partition coefficient (Wildman–Crippen LogP) is 1.60. The Balaban J connectivity index is 0. The number of imide groups is 1. The van der Waals surface area contributed by atoms with Crippen LogP contribution < -0.4 is 16.4 Å². The van der Waals surface area contributed by atoms with Crippen LogP contribution in [-0.2, 0) is 28.7 Å². The molecule has 0 bridgehead atoms. The Morgan fingerprint density at radius 2 is 1.64 bits per heavy atom. The van der Waals surface area contributed by atoms with Crippen molar-refractivity contribution in [2.24, 2.45) is 11.7 Å². The minimum Gasteiger partial charge on any atom is -0.480 e. The lowest BCUT2D eigenvalue weighted by molar-refractivity contribution is -0.138. The molecule has 0 unspecified atom stereocenters. The fourth-order valence-corrected chi connectivity index (χ4v) is 2.51. The highest BCUT2D eigenvalue weighted by atomic mass is 16.5. The fraction of sp³-hybridized carbons (Fsp3) is 0.720. The monoisotopic (exact) mass is 514 g/mol. The minimum atomic E-state index is -0.901. The first kappa shape index (κ1) is 35.4. The van der Waals surface area contributed by atoms with Crippen molar-refractivity contribution in [1.82, 2.24) is 15.5 Å². The number of carbonyl (C=O) groups is 5. The summed E-state index contributed by atoms with van der Waals surface area (Å²) in [7, 11) is 0. The first-order valence-electron chi connectivity index (χ1n) is 12.4. The van der Waals surface area contributed by atoms with Crippen molar-refractivity contribution in [1.29, 1.82) is 0 Å². The molecule has 0 aromatic rings. The number of primary amides is 1. The number of nitrogens with one attached hydrogen (secondary N) is 2. The van der Waals surface area contributed by atoms with Gasteiger partial charge < -0.3 is 26.2 Å². The molecule has 0 saturated heterocycles. The molecule has 0 saturated carbocycles. The average Bonchev–Trinajstić information content (AvgIpc) is 3.08. The molecule has 1 aliphatic heterocycles. The number of rotatable bonds is 15. The molecular formula is C25H46N4O7. The molecule has 0 aliphatic carbocycles. The van der Waals surface area contributed by atoms with Crippen LogP contribution in [0.3, 0.4) is 0 Å². The van der Waals surface area contributed by atoms with Gasteiger partial charge in [-0.2, -0.15) is 0 Å². The minimum absolute atomic E-state index is 0.0131. The van der Waals surface area contributed by atoms with E-state index in [1.165, 1.54) is 18.6 Å². The molecule has 0 fully saturated rings. The number of carbonyl (C=O) groups excluding carboxylic acids is 4. The number of nitrogens with two attached hydrogens (primary N) is 1. The van der Waals surface area contributed by atoms with E-state index in [1.54, 1.807) is 0 Å². The molecule has 0 spiro atoms. The van der Waals surface area contributed by atoms with E-state index < -0.39 is 11.9 Å². The van der Waals surface area contributed by atoms with Crippen molar-refractivity contribution in [2.45, 2.75) is 79.2 Å². The third-order valence-corrected chi connectivity index (χ3v) is 4.52. The van der Waals surface area contributed by atoms with E-state index in [2.05, 4.69) is 38.3 Å². The Hall–Kier alpha value is -2.79. The zero-order valence-corrected chi connectivity index (χ0v) is 22.7. The van der Waals surface area contributed by atoms with Crippen molar-refractivity contribution in [2.75, 3.05) is 32.8 Å². The highest BCUT2D eigenvalue weighted by Crippen LogP contribution is 2.17. The van der Waals surface area contributed by atoms with Gasteiger partial charge in [0.1, 0.15) is 0 Å². The summed E-state index contributed by atoms with van der Waals surface area (Å²) in [5.74, 6) is -1.62. The summed E-state index contributed by atoms with van der Waals surface area (Å²) in [5.41, 5.74) is 4.56. The van der Waals surface area contributed by atoms with Gasteiger partial charge in [-0.25, -0.2) is 0 Å². The quantitative estimate of drug-likeness (QED) is 0.189. The van der Waals surface area contributed by atoms with Gasteiger partial charge in [0.2, 0.25) is 11.8 Å². The normalized spacial score (nSPS) is 12.6. The van der Waals surface area contributed by atoms with Gasteiger partial charge in [-0.1, -0.05) is 34.1 Å². The molecule has 4 amide bonds. The van der Waals surface area contributed by atoms with Crippen molar-refractivity contribution < 1.29 is 33.8 Å². The molecule has 0 atom stereocenters. The van der Waals surface area contributed by atoms with Gasteiger partial charge >= 0.3 is 5.97 Å². The smallest absolute Gasteiger partial charge is 0.317 e. The second-order valence-corrected chi connectivity index (χ2v) is 9.30. The topological polar surface area (TPSA) is 168 Å². The fourth-order valence-electron chi connectivity index (χ4n) is 2.51. The third-order valence-electron chi connectivity index (χ3n) is 4.52. The molecule has 208 valence electrons. The number of carboxylic acid groups (broad SMARTS) is 1. The van der Waals surface area contributed by atoms with Crippen LogP contribution >= 0.6 is 0 Å². The lowest BCUT2D eigenvalue weighted by Gasteiger charge is -2.25. The molecular weight excluding hydrogens is 468 g/mol. The molecule has 0 aromatic heterocycles. The number of nitrogens with zero attached hydrogens (tertiary/aromatic N) is 1. The molecule has 1 aliphatic rings. The van der Waals surface area contributed by atoms with E-state index >= 15 is 0 Å². The SMILES string of the molecule is CC(C)CCOC(C)(C)CCC(=O)NCCNCC(=O)O.CCC.NC(=O)CCN1C(=O)C=CC1=O. The molecule has 11 heteroatoms. The lowest BCUT2D eigenvalue weighted by atomic mass is 10.0. The van der Waals surface area contributed by atoms with Crippen molar-refractivity contribution >= 4 is 29.6 Å². The molecule has 11 nitrogen and oxygen atoms in total. The number of ether oxygens (including phenoxy) is 1. The van der Waals surface area contributed by atoms with Crippen molar-refractivity contribution in [3.8, 4) is 0 Å². The highest BCUT2D eigenvalue weighted by Gasteiger charge is 2.23. The van der Waals surface area contributed by atoms with Gasteiger partial charge in [-0.05, 0) is 32.6 Å². The van der Waals surface area contributed by atoms with E-state index in [4.69, 9.17) is 15.6 Å². The van der Waals surface area contributed by atoms with Crippen LogP contribution in [0.2, 0.25) is 0 Å². The highest BCUT2D eigenvalue weighted by molar-refractivity contribution is 6.13. The van der Waals surface area contributed by atoms with E-state index in [0.29, 0.717) is 38.5 Å². The summed E-state index contributed by atoms with van der Waals surface area (Å²) in [6.07, 6.45) is 5.70. The zero-order chi connectivity index (χ0) is 28.1. The van der Waals surface area contributed by atoms with Crippen LogP contribution in [-0.4, -0.2) is 78.0 Å². The molecule has 0 aromatic carbocycles. The van der Waals surface area contributed by atoms with Gasteiger partial charge in [0.25, 0.3) is 11.8 Å². The van der Waals surface area contributed by atoms with Crippen molar-refractivity contribution in [3.05, 3.63) is 12.2 Å². The summed E-state index contributed by atoms with van der Waals surface area (Å²) in [6.45, 7) is 14.1. The zero-order valence-electron chi connectivity index (χ0n) is 22.7. The van der Waals surface area contributed by atoms with Crippen LogP contribution in [0.4, 0.5) is 0 Å². The van der Waals surface area contributed by atoms with Crippen LogP contribution in [0.1, 0.15) is 73.6 Å². The van der Waals surface area contributed by atoms with Crippen LogP contribution in [0.15, 0.2) is 12.2 Å².